The maximum Gasteiger partial charge on any atom is 0.341 e. The van der Waals surface area contributed by atoms with Gasteiger partial charge in [-0.1, -0.05) is 18.2 Å². The Morgan fingerprint density at radius 2 is 1.94 bits per heavy atom. The van der Waals surface area contributed by atoms with Gasteiger partial charge in [0.05, 0.1) is 17.5 Å². The van der Waals surface area contributed by atoms with Crippen LogP contribution in [0.1, 0.15) is 41.1 Å². The van der Waals surface area contributed by atoms with Crippen LogP contribution < -0.4 is 14.8 Å². The van der Waals surface area contributed by atoms with Crippen molar-refractivity contribution in [3.05, 3.63) is 47.5 Å². The Hall–Kier alpha value is -2.82. The average Bonchev–Trinajstić information content (AvgIpc) is 3.27. The predicted molar refractivity (Wildman–Crippen MR) is 130 cm³/mol. The Kier molecular flexibility index (Phi) is 7.30. The average molecular weight is 490 g/mol. The van der Waals surface area contributed by atoms with Crippen molar-refractivity contribution >= 4 is 27.4 Å². The topological polar surface area (TPSA) is 117 Å². The van der Waals surface area contributed by atoms with Crippen molar-refractivity contribution < 1.29 is 27.8 Å². The molecular weight excluding hydrogens is 458 g/mol. The number of fused-ring (bicyclic) bond motifs is 3. The van der Waals surface area contributed by atoms with Crippen LogP contribution in [0.15, 0.2) is 41.3 Å². The lowest BCUT2D eigenvalue weighted by atomic mass is 9.88. The molecule has 0 spiro atoms. The van der Waals surface area contributed by atoms with E-state index in [1.165, 1.54) is 12.1 Å². The highest BCUT2D eigenvalue weighted by Gasteiger charge is 2.38. The van der Waals surface area contributed by atoms with Crippen molar-refractivity contribution in [3.8, 4) is 5.75 Å². The zero-order valence-electron chi connectivity index (χ0n) is 19.4. The molecule has 2 heterocycles. The number of para-hydroxylation sites is 1. The number of sulfonamides is 1. The van der Waals surface area contributed by atoms with Crippen LogP contribution >= 0.6 is 0 Å². The lowest BCUT2D eigenvalue weighted by molar-refractivity contribution is 0.0484. The minimum atomic E-state index is -4.06. The van der Waals surface area contributed by atoms with E-state index in [9.17, 15) is 18.3 Å². The van der Waals surface area contributed by atoms with Crippen molar-refractivity contribution in [1.29, 1.82) is 0 Å². The second kappa shape index (κ2) is 10.2. The first-order valence-corrected chi connectivity index (χ1v) is 12.9. The van der Waals surface area contributed by atoms with E-state index in [1.54, 1.807) is 24.3 Å². The quantitative estimate of drug-likeness (QED) is 0.436. The van der Waals surface area contributed by atoms with Gasteiger partial charge in [0.1, 0.15) is 22.8 Å². The summed E-state index contributed by atoms with van der Waals surface area (Å²) >= 11 is 0. The smallest absolute Gasteiger partial charge is 0.341 e. The molecule has 4 rings (SSSR count). The predicted octanol–water partition coefficient (Wildman–Crippen LogP) is 3.20. The minimum Gasteiger partial charge on any atom is -0.490 e. The van der Waals surface area contributed by atoms with E-state index in [-0.39, 0.29) is 40.5 Å². The van der Waals surface area contributed by atoms with Gasteiger partial charge in [-0.3, -0.25) is 4.72 Å². The summed E-state index contributed by atoms with van der Waals surface area (Å²) in [5, 5.41) is 13.1. The highest BCUT2D eigenvalue weighted by Crippen LogP contribution is 2.44. The Bertz CT molecular complexity index is 1150. The fraction of sp³-hybridized carbons (Fsp3) is 0.458. The van der Waals surface area contributed by atoms with E-state index in [0.29, 0.717) is 18.8 Å². The molecule has 2 atom stereocenters. The molecule has 2 aliphatic heterocycles. The number of nitrogens with zero attached hydrogens (tertiary/aromatic N) is 1. The molecule has 0 amide bonds. The third kappa shape index (κ3) is 5.13. The van der Waals surface area contributed by atoms with Gasteiger partial charge in [0.15, 0.2) is 0 Å². The molecule has 2 aliphatic rings. The number of rotatable bonds is 10. The number of aromatic carboxylic acids is 1. The first kappa shape index (κ1) is 24.3. The van der Waals surface area contributed by atoms with Crippen molar-refractivity contribution in [2.45, 2.75) is 36.2 Å². The van der Waals surface area contributed by atoms with Crippen LogP contribution in [-0.2, 0) is 14.8 Å². The molecule has 1 saturated heterocycles. The van der Waals surface area contributed by atoms with Gasteiger partial charge >= 0.3 is 5.97 Å². The molecule has 0 radical (unpaired) electrons. The maximum absolute atomic E-state index is 13.3. The Balaban J connectivity index is 1.58. The number of carbonyl (C=O) groups is 1. The summed E-state index contributed by atoms with van der Waals surface area (Å²) in [5.41, 5.74) is 1.01. The first-order chi connectivity index (χ1) is 16.3. The normalized spacial score (nSPS) is 19.3. The van der Waals surface area contributed by atoms with Gasteiger partial charge < -0.3 is 24.8 Å². The molecule has 0 aliphatic carbocycles. The largest absolute Gasteiger partial charge is 0.490 e. The zero-order chi connectivity index (χ0) is 24.3. The van der Waals surface area contributed by atoms with Crippen LogP contribution in [0, 0.1) is 0 Å². The number of carboxylic acids is 1. The van der Waals surface area contributed by atoms with Crippen molar-refractivity contribution in [2.75, 3.05) is 50.4 Å². The summed E-state index contributed by atoms with van der Waals surface area (Å²) in [6.07, 6.45) is 2.54. The molecule has 0 aromatic heterocycles. The van der Waals surface area contributed by atoms with E-state index < -0.39 is 16.0 Å². The van der Waals surface area contributed by atoms with Crippen molar-refractivity contribution in [2.24, 2.45) is 0 Å². The number of anilines is 2. The van der Waals surface area contributed by atoms with Gasteiger partial charge in [-0.15, -0.1) is 0 Å². The van der Waals surface area contributed by atoms with Crippen LogP contribution in [0.5, 0.6) is 5.75 Å². The third-order valence-electron chi connectivity index (χ3n) is 6.17. The summed E-state index contributed by atoms with van der Waals surface area (Å²) in [4.78, 5) is 14.3. The molecule has 0 bridgehead atoms. The molecule has 0 saturated carbocycles. The minimum absolute atomic E-state index is 0.0237. The van der Waals surface area contributed by atoms with Gasteiger partial charge in [0.2, 0.25) is 0 Å². The standard InChI is InChI=1S/C24H31N3O6S/c1-27(2)13-6-5-12-25-18-7-3-4-8-21(18)34(30,31)26-19-10-9-17-16-11-14-32-20(16)15-33-23(17)22(19)24(28)29/h3-4,7-10,16,20,25-26H,5-6,11-15H2,1-2H3,(H,28,29)/t16-,20+/m1/s1. The molecule has 3 N–H and O–H groups in total. The second-order valence-corrected chi connectivity index (χ2v) is 10.5. The molecule has 10 heteroatoms. The number of ether oxygens (including phenoxy) is 2. The number of unbranched alkanes of at least 4 members (excludes halogenated alkanes) is 1. The number of benzene rings is 2. The summed E-state index contributed by atoms with van der Waals surface area (Å²) in [7, 11) is -0.0407. The molecule has 9 nitrogen and oxygen atoms in total. The van der Waals surface area contributed by atoms with E-state index in [1.807, 2.05) is 14.1 Å². The van der Waals surface area contributed by atoms with Crippen molar-refractivity contribution in [1.82, 2.24) is 4.90 Å². The summed E-state index contributed by atoms with van der Waals surface area (Å²) < 4.78 is 40.5. The number of carboxylic acid groups (broad SMARTS) is 1. The molecule has 2 aromatic rings. The Labute approximate surface area is 200 Å². The van der Waals surface area contributed by atoms with Crippen LogP contribution in [0.25, 0.3) is 0 Å². The van der Waals surface area contributed by atoms with E-state index in [2.05, 4.69) is 14.9 Å². The van der Waals surface area contributed by atoms with E-state index >= 15 is 0 Å². The monoisotopic (exact) mass is 489 g/mol. The van der Waals surface area contributed by atoms with Crippen LogP contribution in [0.3, 0.4) is 0 Å². The van der Waals surface area contributed by atoms with E-state index in [0.717, 1.165) is 31.4 Å². The van der Waals surface area contributed by atoms with Gasteiger partial charge in [0, 0.05) is 24.6 Å². The van der Waals surface area contributed by atoms with Crippen LogP contribution in [0.2, 0.25) is 0 Å². The summed E-state index contributed by atoms with van der Waals surface area (Å²) in [6, 6.07) is 9.84. The second-order valence-electron chi connectivity index (χ2n) is 8.87. The Morgan fingerprint density at radius 3 is 2.71 bits per heavy atom. The molecule has 1 fully saturated rings. The fourth-order valence-electron chi connectivity index (χ4n) is 4.50. The van der Waals surface area contributed by atoms with Gasteiger partial charge in [0.25, 0.3) is 10.0 Å². The lowest BCUT2D eigenvalue weighted by Gasteiger charge is -2.29. The summed E-state index contributed by atoms with van der Waals surface area (Å²) in [5.74, 6) is -0.990. The van der Waals surface area contributed by atoms with Gasteiger partial charge in [-0.05, 0) is 58.1 Å². The maximum atomic E-state index is 13.3. The number of nitrogens with one attached hydrogen (secondary N) is 2. The van der Waals surface area contributed by atoms with Gasteiger partial charge in [-0.25, -0.2) is 13.2 Å². The van der Waals surface area contributed by atoms with Gasteiger partial charge in [-0.2, -0.15) is 0 Å². The van der Waals surface area contributed by atoms with Crippen LogP contribution in [-0.4, -0.2) is 70.9 Å². The first-order valence-electron chi connectivity index (χ1n) is 11.4. The fourth-order valence-corrected chi connectivity index (χ4v) is 5.76. The van der Waals surface area contributed by atoms with Crippen molar-refractivity contribution in [3.63, 3.8) is 0 Å². The number of hydrogen-bond acceptors (Lipinski definition) is 7. The third-order valence-corrected chi connectivity index (χ3v) is 7.60. The van der Waals surface area contributed by atoms with Crippen LogP contribution in [0.4, 0.5) is 11.4 Å². The highest BCUT2D eigenvalue weighted by molar-refractivity contribution is 7.92. The molecular formula is C24H31N3O6S. The lowest BCUT2D eigenvalue weighted by Crippen LogP contribution is -2.29. The zero-order valence-corrected chi connectivity index (χ0v) is 20.2. The SMILES string of the molecule is CN(C)CCCCNc1ccccc1S(=O)(=O)Nc1ccc2c(c1C(=O)O)OC[C@@H]1OCC[C@H]21. The highest BCUT2D eigenvalue weighted by atomic mass is 32.2. The van der Waals surface area contributed by atoms with E-state index in [4.69, 9.17) is 9.47 Å². The Morgan fingerprint density at radius 1 is 1.15 bits per heavy atom. The molecule has 184 valence electrons. The molecule has 2 aromatic carbocycles. The molecule has 34 heavy (non-hydrogen) atoms. The number of hydrogen-bond donors (Lipinski definition) is 3. The molecule has 0 unspecified atom stereocenters. The summed E-state index contributed by atoms with van der Waals surface area (Å²) in [6.45, 7) is 2.41.